The van der Waals surface area contributed by atoms with Crippen molar-refractivity contribution in [2.24, 2.45) is 0 Å². The number of methoxy groups -OCH3 is 2. The van der Waals surface area contributed by atoms with Crippen molar-refractivity contribution in [3.8, 4) is 11.5 Å². The van der Waals surface area contributed by atoms with Gasteiger partial charge in [0.15, 0.2) is 10.1 Å². The summed E-state index contributed by atoms with van der Waals surface area (Å²) in [5.41, 5.74) is 2.97. The van der Waals surface area contributed by atoms with E-state index in [1.165, 1.54) is 0 Å². The van der Waals surface area contributed by atoms with Gasteiger partial charge in [-0.25, -0.2) is 0 Å². The molecule has 33 heavy (non-hydrogen) atoms. The average molecular weight is 479 g/mol. The quantitative estimate of drug-likeness (QED) is 0.248. The summed E-state index contributed by atoms with van der Waals surface area (Å²) in [5, 5.41) is -2.77. The predicted molar refractivity (Wildman–Crippen MR) is 133 cm³/mol. The second-order valence-electron chi connectivity index (χ2n) is 7.48. The molecule has 0 aromatic heterocycles. The Balaban J connectivity index is 1.89. The number of hydrogen-bond donors (Lipinski definition) is 0. The summed E-state index contributed by atoms with van der Waals surface area (Å²) in [6.07, 6.45) is 0. The van der Waals surface area contributed by atoms with Gasteiger partial charge in [-0.1, -0.05) is 108 Å². The fourth-order valence-corrected chi connectivity index (χ4v) is 4.45. The van der Waals surface area contributed by atoms with Crippen LogP contribution in [0.4, 0.5) is 0 Å². The molecular weight excluding hydrogens is 455 g/mol. The number of ether oxygens (including phenoxy) is 3. The third kappa shape index (κ3) is 4.72. The monoisotopic (exact) mass is 478 g/mol. The van der Waals surface area contributed by atoms with Crippen molar-refractivity contribution >= 4 is 23.2 Å². The molecule has 0 radical (unpaired) electrons. The lowest BCUT2D eigenvalue weighted by atomic mass is 9.96. The second kappa shape index (κ2) is 9.88. The van der Waals surface area contributed by atoms with E-state index in [-0.39, 0.29) is 0 Å². The van der Waals surface area contributed by atoms with E-state index < -0.39 is 10.1 Å². The largest absolute Gasteiger partial charge is 0.497 e. The zero-order chi connectivity index (χ0) is 23.3. The minimum Gasteiger partial charge on any atom is -0.497 e. The molecule has 0 amide bonds. The van der Waals surface area contributed by atoms with E-state index in [9.17, 15) is 0 Å². The van der Waals surface area contributed by atoms with Crippen molar-refractivity contribution in [2.75, 3.05) is 14.2 Å². The number of benzene rings is 4. The smallest absolute Gasteiger partial charge is 0.196 e. The molecule has 0 fully saturated rings. The highest BCUT2D eigenvalue weighted by Gasteiger charge is 2.44. The molecule has 0 spiro atoms. The molecular formula is C28H24Cl2O3. The molecule has 168 valence electrons. The molecule has 4 rings (SSSR count). The summed E-state index contributed by atoms with van der Waals surface area (Å²) in [4.78, 5) is 0. The molecule has 2 atom stereocenters. The summed E-state index contributed by atoms with van der Waals surface area (Å²) in [5.74, 6) is 1.45. The Morgan fingerprint density at radius 3 is 1.06 bits per heavy atom. The van der Waals surface area contributed by atoms with Gasteiger partial charge in [0.2, 0.25) is 0 Å². The lowest BCUT2D eigenvalue weighted by Gasteiger charge is -2.38. The Labute approximate surface area is 204 Å². The fraction of sp³-hybridized carbons (Fsp3) is 0.143. The van der Waals surface area contributed by atoms with Crippen LogP contribution in [0.3, 0.4) is 0 Å². The van der Waals surface area contributed by atoms with Crippen LogP contribution in [0.15, 0.2) is 109 Å². The number of halogens is 2. The molecule has 0 aliphatic carbocycles. The fourth-order valence-electron chi connectivity index (χ4n) is 3.68. The van der Waals surface area contributed by atoms with E-state index in [1.54, 1.807) is 14.2 Å². The molecule has 4 aromatic rings. The van der Waals surface area contributed by atoms with Gasteiger partial charge >= 0.3 is 0 Å². The number of hydrogen-bond acceptors (Lipinski definition) is 3. The normalized spacial score (nSPS) is 14.7. The van der Waals surface area contributed by atoms with Crippen molar-refractivity contribution in [2.45, 2.75) is 10.1 Å². The number of rotatable bonds is 8. The lowest BCUT2D eigenvalue weighted by molar-refractivity contribution is -0.0288. The molecule has 0 aliphatic heterocycles. The lowest BCUT2D eigenvalue weighted by Crippen LogP contribution is -2.36. The highest BCUT2D eigenvalue weighted by atomic mass is 35.5. The topological polar surface area (TPSA) is 27.7 Å². The molecule has 0 N–H and O–H groups in total. The standard InChI is InChI=1S/C28H24Cl2O3/c1-31-25-17-13-23(14-18-25)27(29,21-9-5-3-6-10-21)33-28(30,22-11-7-4-8-12-22)24-15-19-26(32-2)20-16-24/h3-20H,1-2H3. The zero-order valence-corrected chi connectivity index (χ0v) is 19.9. The van der Waals surface area contributed by atoms with Gasteiger partial charge in [0, 0.05) is 22.3 Å². The van der Waals surface area contributed by atoms with Crippen LogP contribution in [-0.4, -0.2) is 14.2 Å². The van der Waals surface area contributed by atoms with E-state index in [2.05, 4.69) is 0 Å². The molecule has 0 saturated heterocycles. The summed E-state index contributed by atoms with van der Waals surface area (Å²) >= 11 is 14.7. The van der Waals surface area contributed by atoms with Crippen molar-refractivity contribution < 1.29 is 14.2 Å². The van der Waals surface area contributed by atoms with Gasteiger partial charge in [-0.15, -0.1) is 0 Å². The Bertz CT molecular complexity index is 1070. The molecule has 4 aromatic carbocycles. The van der Waals surface area contributed by atoms with Crippen molar-refractivity contribution in [1.29, 1.82) is 0 Å². The second-order valence-corrected chi connectivity index (χ2v) is 8.55. The van der Waals surface area contributed by atoms with Gasteiger partial charge in [-0.05, 0) is 24.3 Å². The van der Waals surface area contributed by atoms with E-state index in [0.717, 1.165) is 33.8 Å². The molecule has 0 heterocycles. The van der Waals surface area contributed by atoms with Gasteiger partial charge in [0.1, 0.15) is 11.5 Å². The van der Waals surface area contributed by atoms with Gasteiger partial charge in [-0.3, -0.25) is 0 Å². The van der Waals surface area contributed by atoms with Crippen molar-refractivity contribution in [3.63, 3.8) is 0 Å². The van der Waals surface area contributed by atoms with Gasteiger partial charge < -0.3 is 14.2 Å². The van der Waals surface area contributed by atoms with E-state index >= 15 is 0 Å². The van der Waals surface area contributed by atoms with Crippen LogP contribution < -0.4 is 9.47 Å². The van der Waals surface area contributed by atoms with Crippen LogP contribution in [0.2, 0.25) is 0 Å². The predicted octanol–water partition coefficient (Wildman–Crippen LogP) is 7.30. The van der Waals surface area contributed by atoms with Crippen LogP contribution in [0, 0.1) is 0 Å². The highest BCUT2D eigenvalue weighted by molar-refractivity contribution is 6.27. The third-order valence-corrected chi connectivity index (χ3v) is 6.52. The molecule has 5 heteroatoms. The maximum Gasteiger partial charge on any atom is 0.196 e. The molecule has 3 nitrogen and oxygen atoms in total. The first-order valence-corrected chi connectivity index (χ1v) is 11.2. The Kier molecular flexibility index (Phi) is 6.94. The van der Waals surface area contributed by atoms with Crippen molar-refractivity contribution in [1.82, 2.24) is 0 Å². The minimum absolute atomic E-state index is 0.723. The summed E-state index contributed by atoms with van der Waals surface area (Å²) in [7, 11) is 3.25. The van der Waals surface area contributed by atoms with Crippen LogP contribution in [0.1, 0.15) is 22.3 Å². The Morgan fingerprint density at radius 2 is 0.758 bits per heavy atom. The third-order valence-electron chi connectivity index (χ3n) is 5.49. The average Bonchev–Trinajstić information content (AvgIpc) is 2.89. The Morgan fingerprint density at radius 1 is 0.455 bits per heavy atom. The van der Waals surface area contributed by atoms with Gasteiger partial charge in [0.05, 0.1) is 14.2 Å². The molecule has 0 saturated carbocycles. The first-order chi connectivity index (χ1) is 16.0. The summed E-state index contributed by atoms with van der Waals surface area (Å²) < 4.78 is 17.4. The molecule has 0 aliphatic rings. The van der Waals surface area contributed by atoms with E-state index in [4.69, 9.17) is 37.4 Å². The molecule has 0 bridgehead atoms. The Hall–Kier alpha value is -2.98. The minimum atomic E-state index is -1.38. The highest BCUT2D eigenvalue weighted by Crippen LogP contribution is 2.49. The van der Waals surface area contributed by atoms with Gasteiger partial charge in [-0.2, -0.15) is 0 Å². The first-order valence-electron chi connectivity index (χ1n) is 10.5. The van der Waals surface area contributed by atoms with Crippen molar-refractivity contribution in [3.05, 3.63) is 131 Å². The van der Waals surface area contributed by atoms with Crippen LogP contribution in [0.5, 0.6) is 11.5 Å². The maximum atomic E-state index is 7.36. The van der Waals surface area contributed by atoms with E-state index in [0.29, 0.717) is 0 Å². The van der Waals surface area contributed by atoms with Gasteiger partial charge in [0.25, 0.3) is 0 Å². The van der Waals surface area contributed by atoms with E-state index in [1.807, 2.05) is 109 Å². The maximum absolute atomic E-state index is 7.36. The zero-order valence-electron chi connectivity index (χ0n) is 18.4. The van der Waals surface area contributed by atoms with Crippen LogP contribution >= 0.6 is 23.2 Å². The van der Waals surface area contributed by atoms with Crippen LogP contribution in [0.25, 0.3) is 0 Å². The van der Waals surface area contributed by atoms with Crippen LogP contribution in [-0.2, 0) is 14.9 Å². The molecule has 2 unspecified atom stereocenters. The number of alkyl halides is 2. The summed E-state index contributed by atoms with van der Waals surface area (Å²) in [6.45, 7) is 0. The SMILES string of the molecule is COc1ccc(C(Cl)(OC(Cl)(c2ccccc2)c2ccc(OC)cc2)c2ccccc2)cc1. The first kappa shape index (κ1) is 23.2. The summed E-state index contributed by atoms with van der Waals surface area (Å²) in [6, 6.07) is 34.2.